The molecule has 5 atom stereocenters. The SMILES string of the molecule is CC(C)[C@H]1NC(=O)[C@@H](Cc2ccc(O)c(Cl)c2)N[C@@H](C)COc2ccccc2C[C@H](C)CNC(=O)[C@H](CN(C)C)NC1=O. The van der Waals surface area contributed by atoms with E-state index < -0.39 is 24.0 Å². The van der Waals surface area contributed by atoms with Gasteiger partial charge in [0.15, 0.2) is 0 Å². The zero-order valence-corrected chi connectivity index (χ0v) is 26.7. The number of phenolic OH excluding ortho intramolecular Hbond substituents is 1. The number of likely N-dealkylation sites (N-methyl/N-ethyl adjacent to an activating group) is 1. The van der Waals surface area contributed by atoms with Crippen LogP contribution in [-0.4, -0.2) is 85.7 Å². The molecule has 10 nitrogen and oxygen atoms in total. The first-order valence-corrected chi connectivity index (χ1v) is 15.2. The highest BCUT2D eigenvalue weighted by Crippen LogP contribution is 2.25. The second-order valence-electron chi connectivity index (χ2n) is 12.1. The Labute approximate surface area is 259 Å². The van der Waals surface area contributed by atoms with Gasteiger partial charge in [-0.15, -0.1) is 0 Å². The van der Waals surface area contributed by atoms with Crippen molar-refractivity contribution in [3.63, 3.8) is 0 Å². The Kier molecular flexibility index (Phi) is 12.7. The predicted octanol–water partition coefficient (Wildman–Crippen LogP) is 2.51. The van der Waals surface area contributed by atoms with E-state index in [-0.39, 0.29) is 46.9 Å². The molecule has 11 heteroatoms. The molecule has 43 heavy (non-hydrogen) atoms. The summed E-state index contributed by atoms with van der Waals surface area (Å²) in [6, 6.07) is 9.95. The number of rotatable bonds is 5. The molecule has 0 saturated heterocycles. The van der Waals surface area contributed by atoms with Crippen LogP contribution in [0.25, 0.3) is 0 Å². The van der Waals surface area contributed by atoms with Gasteiger partial charge in [-0.3, -0.25) is 19.7 Å². The van der Waals surface area contributed by atoms with Crippen molar-refractivity contribution in [1.82, 2.24) is 26.2 Å². The highest BCUT2D eigenvalue weighted by atomic mass is 35.5. The summed E-state index contributed by atoms with van der Waals surface area (Å²) in [6.07, 6.45) is 0.938. The van der Waals surface area contributed by atoms with Gasteiger partial charge in [-0.25, -0.2) is 0 Å². The van der Waals surface area contributed by atoms with E-state index in [4.69, 9.17) is 16.3 Å². The number of nitrogens with one attached hydrogen (secondary N) is 4. The van der Waals surface area contributed by atoms with E-state index in [1.54, 1.807) is 12.1 Å². The van der Waals surface area contributed by atoms with Crippen molar-refractivity contribution in [2.24, 2.45) is 11.8 Å². The lowest BCUT2D eigenvalue weighted by molar-refractivity contribution is -0.133. The number of carbonyl (C=O) groups is 3. The molecular weight excluding hydrogens is 570 g/mol. The van der Waals surface area contributed by atoms with Gasteiger partial charge in [-0.1, -0.05) is 56.6 Å². The number of phenols is 1. The molecule has 1 heterocycles. The number of para-hydroxylation sites is 1. The molecule has 2 aromatic carbocycles. The minimum atomic E-state index is -0.881. The Morgan fingerprint density at radius 2 is 1.72 bits per heavy atom. The van der Waals surface area contributed by atoms with Crippen molar-refractivity contribution in [2.45, 2.75) is 64.7 Å². The number of carbonyl (C=O) groups excluding carboxylic acids is 3. The number of hydrogen-bond acceptors (Lipinski definition) is 7. The Balaban J connectivity index is 1.95. The van der Waals surface area contributed by atoms with E-state index in [1.165, 1.54) is 6.07 Å². The summed E-state index contributed by atoms with van der Waals surface area (Å²) in [5, 5.41) is 22.2. The maximum absolute atomic E-state index is 13.8. The molecule has 0 fully saturated rings. The molecule has 5 N–H and O–H groups in total. The van der Waals surface area contributed by atoms with Crippen LogP contribution < -0.4 is 26.0 Å². The minimum absolute atomic E-state index is 0.0462. The quantitative estimate of drug-likeness (QED) is 0.349. The first kappa shape index (κ1) is 34.2. The second-order valence-corrected chi connectivity index (χ2v) is 12.5. The summed E-state index contributed by atoms with van der Waals surface area (Å²) in [7, 11) is 3.67. The number of fused-ring (bicyclic) bond motifs is 1. The van der Waals surface area contributed by atoms with Gasteiger partial charge in [0.05, 0.1) is 11.1 Å². The Bertz CT molecular complexity index is 1260. The smallest absolute Gasteiger partial charge is 0.243 e. The van der Waals surface area contributed by atoms with E-state index in [0.29, 0.717) is 26.1 Å². The molecule has 0 aromatic heterocycles. The molecule has 0 bridgehead atoms. The number of amides is 3. The minimum Gasteiger partial charge on any atom is -0.506 e. The summed E-state index contributed by atoms with van der Waals surface area (Å²) in [5.74, 6) is -0.535. The van der Waals surface area contributed by atoms with Crippen molar-refractivity contribution < 1.29 is 24.2 Å². The standard InChI is InChI=1S/C32H46ClN5O5/c1-19(2)29-32(42)36-26(17-38(5)6)30(40)34-16-20(3)13-23-9-7-8-10-28(23)43-18-21(4)35-25(31(41)37-29)15-22-11-12-27(39)24(33)14-22/h7-12,14,19-21,25-26,29,35,39H,13,15-18H2,1-6H3,(H,34,40)(H,36,42)(H,37,41)/t20-,21-,25+,26-,29+/m0/s1. The average molecular weight is 616 g/mol. The molecule has 0 radical (unpaired) electrons. The molecule has 3 rings (SSSR count). The lowest BCUT2D eigenvalue weighted by atomic mass is 9.99. The van der Waals surface area contributed by atoms with Gasteiger partial charge >= 0.3 is 0 Å². The van der Waals surface area contributed by atoms with E-state index in [0.717, 1.165) is 16.9 Å². The molecule has 0 saturated carbocycles. The third kappa shape index (κ3) is 10.4. The van der Waals surface area contributed by atoms with Gasteiger partial charge in [0.25, 0.3) is 0 Å². The van der Waals surface area contributed by atoms with E-state index in [1.807, 2.05) is 64.0 Å². The second kappa shape index (κ2) is 15.9. The normalized spacial score (nSPS) is 24.7. The zero-order valence-electron chi connectivity index (χ0n) is 25.9. The van der Waals surface area contributed by atoms with E-state index in [2.05, 4.69) is 28.2 Å². The van der Waals surface area contributed by atoms with Crippen molar-refractivity contribution in [2.75, 3.05) is 33.8 Å². The summed E-state index contributed by atoms with van der Waals surface area (Å²) in [6.45, 7) is 8.70. The van der Waals surface area contributed by atoms with Crippen LogP contribution in [0.1, 0.15) is 38.8 Å². The van der Waals surface area contributed by atoms with Crippen molar-refractivity contribution >= 4 is 29.3 Å². The molecule has 1 aliphatic rings. The van der Waals surface area contributed by atoms with Crippen LogP contribution >= 0.6 is 11.6 Å². The van der Waals surface area contributed by atoms with Crippen LogP contribution in [-0.2, 0) is 27.2 Å². The molecule has 236 valence electrons. The molecule has 0 spiro atoms. The summed E-state index contributed by atoms with van der Waals surface area (Å²) >= 11 is 6.15. The zero-order chi connectivity index (χ0) is 31.7. The fraction of sp³-hybridized carbons (Fsp3) is 0.531. The Hall–Kier alpha value is -3.34. The van der Waals surface area contributed by atoms with E-state index in [9.17, 15) is 19.5 Å². The third-order valence-electron chi connectivity index (χ3n) is 7.34. The molecule has 0 unspecified atom stereocenters. The molecule has 0 aliphatic carbocycles. The lowest BCUT2D eigenvalue weighted by Gasteiger charge is -2.29. The fourth-order valence-corrected chi connectivity index (χ4v) is 5.22. The van der Waals surface area contributed by atoms with Gasteiger partial charge in [0.1, 0.15) is 30.2 Å². The van der Waals surface area contributed by atoms with Gasteiger partial charge in [-0.05, 0) is 75.0 Å². The lowest BCUT2D eigenvalue weighted by Crippen LogP contribution is -2.60. The third-order valence-corrected chi connectivity index (χ3v) is 7.64. The van der Waals surface area contributed by atoms with Gasteiger partial charge in [0.2, 0.25) is 17.7 Å². The van der Waals surface area contributed by atoms with E-state index >= 15 is 0 Å². The summed E-state index contributed by atoms with van der Waals surface area (Å²) in [5.41, 5.74) is 1.75. The van der Waals surface area contributed by atoms with Gasteiger partial charge in [0, 0.05) is 19.1 Å². The number of aromatic hydroxyl groups is 1. The molecule has 3 amide bonds. The molecule has 2 aromatic rings. The number of nitrogens with zero attached hydrogens (tertiary/aromatic N) is 1. The topological polar surface area (TPSA) is 132 Å². The average Bonchev–Trinajstić information content (AvgIpc) is 2.94. The first-order chi connectivity index (χ1) is 20.3. The monoisotopic (exact) mass is 615 g/mol. The van der Waals surface area contributed by atoms with Crippen molar-refractivity contribution in [1.29, 1.82) is 0 Å². The number of benzene rings is 2. The largest absolute Gasteiger partial charge is 0.506 e. The predicted molar refractivity (Wildman–Crippen MR) is 168 cm³/mol. The highest BCUT2D eigenvalue weighted by Gasteiger charge is 2.32. The molecule has 1 aliphatic heterocycles. The van der Waals surface area contributed by atoms with Crippen LogP contribution in [0.4, 0.5) is 0 Å². The fourth-order valence-electron chi connectivity index (χ4n) is 5.02. The summed E-state index contributed by atoms with van der Waals surface area (Å²) in [4.78, 5) is 42.4. The first-order valence-electron chi connectivity index (χ1n) is 14.8. The Morgan fingerprint density at radius 3 is 2.40 bits per heavy atom. The maximum Gasteiger partial charge on any atom is 0.243 e. The highest BCUT2D eigenvalue weighted by molar-refractivity contribution is 6.32. The van der Waals surface area contributed by atoms with Crippen LogP contribution in [0.5, 0.6) is 11.5 Å². The van der Waals surface area contributed by atoms with Crippen LogP contribution in [0.2, 0.25) is 5.02 Å². The van der Waals surface area contributed by atoms with Crippen LogP contribution in [0.15, 0.2) is 42.5 Å². The number of halogens is 1. The maximum atomic E-state index is 13.8. The number of hydrogen-bond donors (Lipinski definition) is 5. The van der Waals surface area contributed by atoms with Gasteiger partial charge < -0.3 is 30.7 Å². The van der Waals surface area contributed by atoms with Crippen molar-refractivity contribution in [3.8, 4) is 11.5 Å². The summed E-state index contributed by atoms with van der Waals surface area (Å²) < 4.78 is 6.22. The van der Waals surface area contributed by atoms with Crippen LogP contribution in [0, 0.1) is 11.8 Å². The van der Waals surface area contributed by atoms with Gasteiger partial charge in [-0.2, -0.15) is 0 Å². The van der Waals surface area contributed by atoms with Crippen LogP contribution in [0.3, 0.4) is 0 Å². The number of ether oxygens (including phenoxy) is 1. The van der Waals surface area contributed by atoms with Crippen molar-refractivity contribution in [3.05, 3.63) is 58.6 Å². The Morgan fingerprint density at radius 1 is 1.00 bits per heavy atom. The molecular formula is C32H46ClN5O5.